The Labute approximate surface area is 57.2 Å². The van der Waals surface area contributed by atoms with Gasteiger partial charge in [-0.15, -0.1) is 0 Å². The van der Waals surface area contributed by atoms with Crippen molar-refractivity contribution < 1.29 is 17.1 Å². The quantitative estimate of drug-likeness (QED) is 0.374. The first-order chi connectivity index (χ1) is 2.89. The van der Waals surface area contributed by atoms with Crippen LogP contribution in [0.1, 0.15) is 0 Å². The first-order valence-corrected chi connectivity index (χ1v) is 1.91. The molecule has 7 heavy (non-hydrogen) atoms. The zero-order chi connectivity index (χ0) is 4.41. The van der Waals surface area contributed by atoms with Crippen LogP contribution in [0.15, 0.2) is 9.98 Å². The predicted octanol–water partition coefficient (Wildman–Crippen LogP) is 0.424. The average molecular weight is 162 g/mol. The Balaban J connectivity index is 0.000000360. The van der Waals surface area contributed by atoms with Gasteiger partial charge in [0.1, 0.15) is 0 Å². The van der Waals surface area contributed by atoms with Crippen LogP contribution in [-0.2, 0) is 17.1 Å². The van der Waals surface area contributed by atoms with E-state index in [9.17, 15) is 0 Å². The standard InChI is InChI=1S/C3H2N2S.Cu/c6-3-4-1-2-5-3;/h1-2H;/q;+1. The molecule has 0 radical (unpaired) electrons. The summed E-state index contributed by atoms with van der Waals surface area (Å²) < 4.78 is 0. The maximum absolute atomic E-state index is 4.52. The second kappa shape index (κ2) is 3.02. The summed E-state index contributed by atoms with van der Waals surface area (Å²) in [6.07, 6.45) is 3.14. The molecule has 40 valence electrons. The largest absolute Gasteiger partial charge is 1.00 e. The monoisotopic (exact) mass is 161 g/mol. The fourth-order valence-electron chi connectivity index (χ4n) is 0.228. The van der Waals surface area contributed by atoms with Crippen molar-refractivity contribution in [1.29, 1.82) is 0 Å². The van der Waals surface area contributed by atoms with Gasteiger partial charge >= 0.3 is 17.1 Å². The second-order valence-corrected chi connectivity index (χ2v) is 1.20. The number of hydrogen-bond acceptors (Lipinski definition) is 1. The van der Waals surface area contributed by atoms with Crippen molar-refractivity contribution >= 4 is 29.8 Å². The smallest absolute Gasteiger partial charge is 0.225 e. The van der Waals surface area contributed by atoms with Crippen molar-refractivity contribution in [3.05, 3.63) is 0 Å². The predicted molar refractivity (Wildman–Crippen MR) is 29.6 cm³/mol. The van der Waals surface area contributed by atoms with Gasteiger partial charge in [-0.1, -0.05) is 0 Å². The first-order valence-electron chi connectivity index (χ1n) is 1.50. The summed E-state index contributed by atoms with van der Waals surface area (Å²) in [4.78, 5) is 7.24. The normalized spacial score (nSPS) is 14.6. The molecular formula is C3H2CuN2S+. The zero-order valence-corrected chi connectivity index (χ0v) is 5.02. The van der Waals surface area contributed by atoms with Crippen LogP contribution >= 0.6 is 12.2 Å². The van der Waals surface area contributed by atoms with Gasteiger partial charge in [0.15, 0.2) is 0 Å². The summed E-state index contributed by atoms with van der Waals surface area (Å²) >= 11 is 4.52. The van der Waals surface area contributed by atoms with Crippen molar-refractivity contribution in [3.8, 4) is 0 Å². The number of aliphatic imine (C=N–C) groups is 2. The molecule has 1 heterocycles. The van der Waals surface area contributed by atoms with Crippen LogP contribution in [0.4, 0.5) is 0 Å². The molecule has 0 aromatic rings. The number of thiocarbonyl (C=S) groups is 1. The molecule has 0 bridgehead atoms. The molecule has 0 saturated carbocycles. The molecule has 0 aliphatic carbocycles. The summed E-state index contributed by atoms with van der Waals surface area (Å²) in [5, 5.41) is 0.426. The van der Waals surface area contributed by atoms with Crippen molar-refractivity contribution in [1.82, 2.24) is 0 Å². The Hall–Kier alpha value is -0.0505. The van der Waals surface area contributed by atoms with Gasteiger partial charge in [0.25, 0.3) is 0 Å². The fraction of sp³-hybridized carbons (Fsp3) is 0. The Bertz CT molecular complexity index is 115. The second-order valence-electron chi connectivity index (χ2n) is 0.839. The molecule has 1 aliphatic heterocycles. The Morgan fingerprint density at radius 3 is 1.86 bits per heavy atom. The van der Waals surface area contributed by atoms with Gasteiger partial charge in [-0.25, -0.2) is 9.98 Å². The average Bonchev–Trinajstić information content (AvgIpc) is 1.86. The van der Waals surface area contributed by atoms with E-state index in [2.05, 4.69) is 22.2 Å². The minimum atomic E-state index is 0. The SMILES string of the molecule is S=C1N=CC=N1.[Cu+]. The van der Waals surface area contributed by atoms with E-state index >= 15 is 0 Å². The van der Waals surface area contributed by atoms with E-state index < -0.39 is 0 Å². The molecule has 0 saturated heterocycles. The molecule has 0 spiro atoms. The van der Waals surface area contributed by atoms with Gasteiger partial charge < -0.3 is 0 Å². The first kappa shape index (κ1) is 6.95. The summed E-state index contributed by atoms with van der Waals surface area (Å²) in [6, 6.07) is 0. The van der Waals surface area contributed by atoms with Crippen LogP contribution < -0.4 is 0 Å². The van der Waals surface area contributed by atoms with Gasteiger partial charge in [-0.3, -0.25) is 0 Å². The summed E-state index contributed by atoms with van der Waals surface area (Å²) in [6.45, 7) is 0. The van der Waals surface area contributed by atoms with Crippen LogP contribution in [0, 0.1) is 0 Å². The van der Waals surface area contributed by atoms with E-state index in [1.54, 1.807) is 12.4 Å². The maximum Gasteiger partial charge on any atom is 1.00 e. The van der Waals surface area contributed by atoms with E-state index in [0.29, 0.717) is 5.11 Å². The van der Waals surface area contributed by atoms with Gasteiger partial charge in [0, 0.05) is 12.4 Å². The van der Waals surface area contributed by atoms with Gasteiger partial charge in [0.2, 0.25) is 5.11 Å². The van der Waals surface area contributed by atoms with Crippen LogP contribution in [-0.4, -0.2) is 17.5 Å². The van der Waals surface area contributed by atoms with Gasteiger partial charge in [-0.2, -0.15) is 0 Å². The minimum absolute atomic E-state index is 0. The van der Waals surface area contributed by atoms with E-state index in [0.717, 1.165) is 0 Å². The van der Waals surface area contributed by atoms with Crippen LogP contribution in [0.3, 0.4) is 0 Å². The van der Waals surface area contributed by atoms with E-state index in [1.165, 1.54) is 0 Å². The third-order valence-electron chi connectivity index (χ3n) is 0.437. The molecule has 2 nitrogen and oxygen atoms in total. The molecule has 1 aliphatic rings. The van der Waals surface area contributed by atoms with Crippen LogP contribution in [0.2, 0.25) is 0 Å². The van der Waals surface area contributed by atoms with E-state index in [-0.39, 0.29) is 17.1 Å². The molecule has 0 unspecified atom stereocenters. The number of hydrogen-bond donors (Lipinski definition) is 0. The van der Waals surface area contributed by atoms with E-state index in [4.69, 9.17) is 0 Å². The Kier molecular flexibility index (Phi) is 3.00. The Morgan fingerprint density at radius 2 is 1.71 bits per heavy atom. The summed E-state index contributed by atoms with van der Waals surface area (Å²) in [7, 11) is 0. The number of rotatable bonds is 0. The molecule has 0 N–H and O–H groups in total. The van der Waals surface area contributed by atoms with Crippen molar-refractivity contribution in [2.24, 2.45) is 9.98 Å². The zero-order valence-electron chi connectivity index (χ0n) is 3.26. The third kappa shape index (κ3) is 1.92. The van der Waals surface area contributed by atoms with Crippen LogP contribution in [0.5, 0.6) is 0 Å². The minimum Gasteiger partial charge on any atom is -0.225 e. The molecule has 0 amide bonds. The molecule has 0 fully saturated rings. The number of nitrogens with zero attached hydrogens (tertiary/aromatic N) is 2. The topological polar surface area (TPSA) is 24.7 Å². The van der Waals surface area contributed by atoms with Gasteiger partial charge in [-0.05, 0) is 12.2 Å². The van der Waals surface area contributed by atoms with Gasteiger partial charge in [0.05, 0.1) is 0 Å². The molecule has 0 aromatic heterocycles. The Morgan fingerprint density at radius 1 is 1.29 bits per heavy atom. The van der Waals surface area contributed by atoms with Crippen molar-refractivity contribution in [2.75, 3.05) is 0 Å². The summed E-state index contributed by atoms with van der Waals surface area (Å²) in [5.41, 5.74) is 0. The molecule has 1 rings (SSSR count). The summed E-state index contributed by atoms with van der Waals surface area (Å²) in [5.74, 6) is 0. The third-order valence-corrected chi connectivity index (χ3v) is 0.647. The molecule has 0 aromatic carbocycles. The molecular weight excluding hydrogens is 160 g/mol. The maximum atomic E-state index is 4.52. The molecule has 0 atom stereocenters. The fourth-order valence-corrected chi connectivity index (χ4v) is 0.349. The molecule has 4 heteroatoms. The van der Waals surface area contributed by atoms with Crippen molar-refractivity contribution in [2.45, 2.75) is 0 Å². The van der Waals surface area contributed by atoms with Crippen molar-refractivity contribution in [3.63, 3.8) is 0 Å². The van der Waals surface area contributed by atoms with Crippen LogP contribution in [0.25, 0.3) is 0 Å². The van der Waals surface area contributed by atoms with E-state index in [1.807, 2.05) is 0 Å².